The third-order valence-electron chi connectivity index (χ3n) is 5.85. The lowest BCUT2D eigenvalue weighted by Gasteiger charge is -2.24. The number of nitrogens with zero attached hydrogens (tertiary/aromatic N) is 2. The van der Waals surface area contributed by atoms with Crippen molar-refractivity contribution in [2.24, 2.45) is 4.99 Å². The molecule has 0 saturated heterocycles. The summed E-state index contributed by atoms with van der Waals surface area (Å²) in [6.07, 6.45) is 1.88. The van der Waals surface area contributed by atoms with Crippen LogP contribution in [0.5, 0.6) is 5.75 Å². The van der Waals surface area contributed by atoms with E-state index in [9.17, 15) is 9.59 Å². The number of rotatable bonds is 6. The summed E-state index contributed by atoms with van der Waals surface area (Å²) in [5.74, 6) is 0.663. The zero-order valence-electron chi connectivity index (χ0n) is 20.0. The first-order valence-electron chi connectivity index (χ1n) is 11.3. The minimum absolute atomic E-state index is 0.188. The van der Waals surface area contributed by atoms with Gasteiger partial charge < -0.3 is 9.47 Å². The summed E-state index contributed by atoms with van der Waals surface area (Å²) in [6.45, 7) is 8.08. The number of hydrogen-bond acceptors (Lipinski definition) is 6. The first-order valence-corrected chi connectivity index (χ1v) is 12.1. The average Bonchev–Trinajstić information content (AvgIpc) is 3.13. The Bertz CT molecular complexity index is 1410. The predicted molar refractivity (Wildman–Crippen MR) is 134 cm³/mol. The lowest BCUT2D eigenvalue weighted by molar-refractivity contribution is -0.139. The lowest BCUT2D eigenvalue weighted by Crippen LogP contribution is -2.39. The summed E-state index contributed by atoms with van der Waals surface area (Å²) in [7, 11) is 1.60. The molecule has 0 saturated carbocycles. The van der Waals surface area contributed by atoms with Gasteiger partial charge in [-0.25, -0.2) is 9.79 Å². The maximum Gasteiger partial charge on any atom is 0.338 e. The number of thiazole rings is 1. The van der Waals surface area contributed by atoms with Crippen LogP contribution < -0.4 is 19.6 Å². The molecule has 0 N–H and O–H groups in total. The standard InChI is InChI=1S/C27H28N2O4S/c1-6-33-26(31)23-17(4)28-27-29(24(23)20-11-13-21(32-5)14-12-20)25(30)22(34-27)15-18-7-9-19(10-8-18)16(2)3/h7-16,24H,6H2,1-5H3/b22-15+/t24-/m0/s1. The number of benzene rings is 2. The van der Waals surface area contributed by atoms with Crippen molar-refractivity contribution in [3.63, 3.8) is 0 Å². The van der Waals surface area contributed by atoms with Gasteiger partial charge in [0.05, 0.1) is 35.6 Å². The van der Waals surface area contributed by atoms with Gasteiger partial charge in [0.25, 0.3) is 5.56 Å². The van der Waals surface area contributed by atoms with Crippen molar-refractivity contribution in [2.75, 3.05) is 13.7 Å². The van der Waals surface area contributed by atoms with Crippen LogP contribution in [0.4, 0.5) is 0 Å². The Labute approximate surface area is 202 Å². The quantitative estimate of drug-likeness (QED) is 0.506. The van der Waals surface area contributed by atoms with E-state index in [1.54, 1.807) is 25.5 Å². The van der Waals surface area contributed by atoms with E-state index in [0.29, 0.717) is 32.3 Å². The molecule has 1 aliphatic heterocycles. The zero-order chi connectivity index (χ0) is 24.4. The normalized spacial score (nSPS) is 15.8. The second-order valence-electron chi connectivity index (χ2n) is 8.40. The summed E-state index contributed by atoms with van der Waals surface area (Å²) in [5.41, 5.74) is 3.70. The van der Waals surface area contributed by atoms with Crippen molar-refractivity contribution < 1.29 is 14.3 Å². The van der Waals surface area contributed by atoms with E-state index in [2.05, 4.69) is 31.0 Å². The number of aromatic nitrogens is 1. The molecule has 0 aliphatic carbocycles. The van der Waals surface area contributed by atoms with Crippen LogP contribution in [0.2, 0.25) is 0 Å². The minimum atomic E-state index is -0.633. The third-order valence-corrected chi connectivity index (χ3v) is 6.83. The van der Waals surface area contributed by atoms with Gasteiger partial charge in [0.1, 0.15) is 5.75 Å². The number of methoxy groups -OCH3 is 1. The van der Waals surface area contributed by atoms with Gasteiger partial charge in [-0.05, 0) is 54.7 Å². The number of carbonyl (C=O) groups is 1. The van der Waals surface area contributed by atoms with Gasteiger partial charge in [0, 0.05) is 0 Å². The molecule has 2 heterocycles. The van der Waals surface area contributed by atoms with Gasteiger partial charge >= 0.3 is 5.97 Å². The molecule has 0 bridgehead atoms. The van der Waals surface area contributed by atoms with Gasteiger partial charge in [-0.1, -0.05) is 61.6 Å². The van der Waals surface area contributed by atoms with Crippen LogP contribution in [-0.4, -0.2) is 24.3 Å². The molecule has 1 aliphatic rings. The number of allylic oxidation sites excluding steroid dienone is 1. The van der Waals surface area contributed by atoms with Crippen molar-refractivity contribution in [3.05, 3.63) is 96.2 Å². The molecule has 2 aromatic carbocycles. The van der Waals surface area contributed by atoms with E-state index >= 15 is 0 Å². The molecule has 6 nitrogen and oxygen atoms in total. The second kappa shape index (κ2) is 9.81. The summed E-state index contributed by atoms with van der Waals surface area (Å²) < 4.78 is 12.8. The largest absolute Gasteiger partial charge is 0.497 e. The molecule has 0 fully saturated rings. The van der Waals surface area contributed by atoms with Crippen molar-refractivity contribution in [1.29, 1.82) is 0 Å². The Kier molecular flexibility index (Phi) is 6.84. The monoisotopic (exact) mass is 476 g/mol. The smallest absolute Gasteiger partial charge is 0.338 e. The van der Waals surface area contributed by atoms with Crippen LogP contribution in [0.3, 0.4) is 0 Å². The van der Waals surface area contributed by atoms with Crippen molar-refractivity contribution in [2.45, 2.75) is 39.7 Å². The Morgan fingerprint density at radius 2 is 1.82 bits per heavy atom. The first kappa shape index (κ1) is 23.7. The number of ether oxygens (including phenoxy) is 2. The summed E-state index contributed by atoms with van der Waals surface area (Å²) in [6, 6.07) is 14.9. The third kappa shape index (κ3) is 4.48. The highest BCUT2D eigenvalue weighted by Crippen LogP contribution is 2.31. The van der Waals surface area contributed by atoms with E-state index in [-0.39, 0.29) is 12.2 Å². The van der Waals surface area contributed by atoms with Crippen molar-refractivity contribution in [3.8, 4) is 5.75 Å². The van der Waals surface area contributed by atoms with E-state index < -0.39 is 12.0 Å². The van der Waals surface area contributed by atoms with Gasteiger partial charge in [-0.15, -0.1) is 0 Å². The second-order valence-corrected chi connectivity index (χ2v) is 9.41. The summed E-state index contributed by atoms with van der Waals surface area (Å²) >= 11 is 1.32. The predicted octanol–water partition coefficient (Wildman–Crippen LogP) is 3.93. The van der Waals surface area contributed by atoms with Crippen LogP contribution >= 0.6 is 11.3 Å². The average molecular weight is 477 g/mol. The van der Waals surface area contributed by atoms with Crippen LogP contribution in [0.25, 0.3) is 6.08 Å². The molecule has 7 heteroatoms. The Balaban J connectivity index is 1.89. The van der Waals surface area contributed by atoms with Crippen molar-refractivity contribution in [1.82, 2.24) is 4.57 Å². The van der Waals surface area contributed by atoms with E-state index in [4.69, 9.17) is 9.47 Å². The Morgan fingerprint density at radius 1 is 1.15 bits per heavy atom. The lowest BCUT2D eigenvalue weighted by atomic mass is 9.96. The SMILES string of the molecule is CCOC(=O)C1=C(C)N=c2s/c(=C/c3ccc(C(C)C)cc3)c(=O)n2[C@H]1c1ccc(OC)cc1. The summed E-state index contributed by atoms with van der Waals surface area (Å²) in [5, 5.41) is 0. The maximum atomic E-state index is 13.6. The van der Waals surface area contributed by atoms with Crippen LogP contribution in [-0.2, 0) is 9.53 Å². The topological polar surface area (TPSA) is 69.9 Å². The van der Waals surface area contributed by atoms with E-state index in [0.717, 1.165) is 11.1 Å². The Morgan fingerprint density at radius 3 is 2.41 bits per heavy atom. The first-order chi connectivity index (χ1) is 16.3. The molecule has 4 rings (SSSR count). The van der Waals surface area contributed by atoms with Crippen molar-refractivity contribution >= 4 is 23.4 Å². The summed E-state index contributed by atoms with van der Waals surface area (Å²) in [4.78, 5) is 31.7. The van der Waals surface area contributed by atoms with Crippen LogP contribution in [0.15, 0.2) is 69.6 Å². The fraction of sp³-hybridized carbons (Fsp3) is 0.296. The van der Waals surface area contributed by atoms with Crippen LogP contribution in [0, 0.1) is 0 Å². The fourth-order valence-corrected chi connectivity index (χ4v) is 5.07. The molecule has 0 unspecified atom stereocenters. The molecule has 3 aromatic rings. The van der Waals surface area contributed by atoms with E-state index in [1.165, 1.54) is 16.9 Å². The zero-order valence-corrected chi connectivity index (χ0v) is 20.8. The molecule has 1 aromatic heterocycles. The maximum absolute atomic E-state index is 13.6. The number of carbonyl (C=O) groups excluding carboxylic acids is 1. The molecular weight excluding hydrogens is 448 g/mol. The molecular formula is C27H28N2O4S. The molecule has 0 spiro atoms. The molecule has 0 amide bonds. The van der Waals surface area contributed by atoms with Crippen LogP contribution in [0.1, 0.15) is 56.3 Å². The highest BCUT2D eigenvalue weighted by atomic mass is 32.1. The number of hydrogen-bond donors (Lipinski definition) is 0. The number of fused-ring (bicyclic) bond motifs is 1. The Hall–Kier alpha value is -3.45. The van der Waals surface area contributed by atoms with Gasteiger partial charge in [-0.3, -0.25) is 9.36 Å². The van der Waals surface area contributed by atoms with Gasteiger partial charge in [0.2, 0.25) is 0 Å². The van der Waals surface area contributed by atoms with Gasteiger partial charge in [-0.2, -0.15) is 0 Å². The highest BCUT2D eigenvalue weighted by Gasteiger charge is 2.33. The highest BCUT2D eigenvalue weighted by molar-refractivity contribution is 7.07. The van der Waals surface area contributed by atoms with Gasteiger partial charge in [0.15, 0.2) is 4.80 Å². The van der Waals surface area contributed by atoms with E-state index in [1.807, 2.05) is 42.5 Å². The molecule has 176 valence electrons. The number of esters is 1. The molecule has 34 heavy (non-hydrogen) atoms. The molecule has 0 radical (unpaired) electrons. The minimum Gasteiger partial charge on any atom is -0.497 e. The fourth-order valence-electron chi connectivity index (χ4n) is 4.02. The molecule has 1 atom stereocenters.